The molecular weight excluding hydrogens is 242 g/mol. The van der Waals surface area contributed by atoms with E-state index in [1.165, 1.54) is 4.88 Å². The topological polar surface area (TPSA) is 32.3 Å². The summed E-state index contributed by atoms with van der Waals surface area (Å²) < 4.78 is 0. The first-order valence-corrected chi connectivity index (χ1v) is 6.76. The predicted molar refractivity (Wildman–Crippen MR) is 71.1 cm³/mol. The van der Waals surface area contributed by atoms with Gasteiger partial charge in [0, 0.05) is 29.5 Å². The van der Waals surface area contributed by atoms with Gasteiger partial charge < -0.3 is 10.4 Å². The van der Waals surface area contributed by atoms with Gasteiger partial charge in [0.05, 0.1) is 5.02 Å². The second-order valence-corrected chi connectivity index (χ2v) is 6.48. The van der Waals surface area contributed by atoms with Crippen molar-refractivity contribution in [2.75, 3.05) is 6.61 Å². The molecule has 92 valence electrons. The third-order valence-electron chi connectivity index (χ3n) is 2.61. The fourth-order valence-electron chi connectivity index (χ4n) is 1.64. The third-order valence-corrected chi connectivity index (χ3v) is 3.89. The molecule has 0 fully saturated rings. The molecule has 1 unspecified atom stereocenters. The van der Waals surface area contributed by atoms with Crippen molar-refractivity contribution in [1.29, 1.82) is 0 Å². The summed E-state index contributed by atoms with van der Waals surface area (Å²) in [6, 6.07) is 2.30. The van der Waals surface area contributed by atoms with Crippen LogP contribution in [0.2, 0.25) is 5.02 Å². The molecule has 16 heavy (non-hydrogen) atoms. The fourth-order valence-corrected chi connectivity index (χ4v) is 2.66. The smallest absolute Gasteiger partial charge is 0.0516 e. The minimum Gasteiger partial charge on any atom is -0.396 e. The van der Waals surface area contributed by atoms with Crippen LogP contribution in [0.4, 0.5) is 0 Å². The van der Waals surface area contributed by atoms with Gasteiger partial charge >= 0.3 is 0 Å². The predicted octanol–water partition coefficient (Wildman–Crippen LogP) is 3.29. The van der Waals surface area contributed by atoms with Gasteiger partial charge in [-0.15, -0.1) is 11.3 Å². The van der Waals surface area contributed by atoms with Crippen molar-refractivity contribution < 1.29 is 5.11 Å². The Kier molecular flexibility index (Phi) is 5.25. The van der Waals surface area contributed by atoms with Crippen LogP contribution in [0.1, 0.15) is 32.1 Å². The van der Waals surface area contributed by atoms with Crippen molar-refractivity contribution in [1.82, 2.24) is 5.32 Å². The van der Waals surface area contributed by atoms with E-state index in [1.807, 2.05) is 11.4 Å². The van der Waals surface area contributed by atoms with E-state index in [2.05, 4.69) is 26.1 Å². The molecule has 2 N–H and O–H groups in total. The lowest BCUT2D eigenvalue weighted by molar-refractivity contribution is 0.197. The van der Waals surface area contributed by atoms with Gasteiger partial charge in [-0.3, -0.25) is 0 Å². The van der Waals surface area contributed by atoms with Crippen LogP contribution in [0, 0.1) is 5.41 Å². The summed E-state index contributed by atoms with van der Waals surface area (Å²) >= 11 is 7.53. The summed E-state index contributed by atoms with van der Waals surface area (Å²) in [7, 11) is 0. The molecule has 4 heteroatoms. The Morgan fingerprint density at radius 3 is 2.62 bits per heavy atom. The van der Waals surface area contributed by atoms with Crippen molar-refractivity contribution in [3.05, 3.63) is 21.3 Å². The maximum absolute atomic E-state index is 9.04. The van der Waals surface area contributed by atoms with Crippen molar-refractivity contribution in [2.24, 2.45) is 5.41 Å². The number of halogens is 1. The molecule has 0 aliphatic carbocycles. The highest BCUT2D eigenvalue weighted by Crippen LogP contribution is 2.23. The molecule has 0 spiro atoms. The molecule has 0 aromatic carbocycles. The second-order valence-electron chi connectivity index (χ2n) is 5.04. The van der Waals surface area contributed by atoms with E-state index in [0.717, 1.165) is 18.0 Å². The van der Waals surface area contributed by atoms with Gasteiger partial charge in [0.1, 0.15) is 0 Å². The fraction of sp³-hybridized carbons (Fsp3) is 0.667. The lowest BCUT2D eigenvalue weighted by Crippen LogP contribution is -2.40. The number of aliphatic hydroxyl groups excluding tert-OH is 1. The lowest BCUT2D eigenvalue weighted by atomic mass is 9.85. The Labute approximate surface area is 107 Å². The summed E-state index contributed by atoms with van der Waals surface area (Å²) in [5.41, 5.74) is 0.157. The lowest BCUT2D eigenvalue weighted by Gasteiger charge is -2.31. The highest BCUT2D eigenvalue weighted by Gasteiger charge is 2.23. The van der Waals surface area contributed by atoms with Crippen LogP contribution in [0.25, 0.3) is 0 Å². The van der Waals surface area contributed by atoms with Gasteiger partial charge in [-0.05, 0) is 17.9 Å². The molecule has 1 rings (SSSR count). The van der Waals surface area contributed by atoms with Gasteiger partial charge in [-0.2, -0.15) is 0 Å². The van der Waals surface area contributed by atoms with Crippen LogP contribution in [-0.2, 0) is 6.54 Å². The van der Waals surface area contributed by atoms with Crippen LogP contribution < -0.4 is 5.32 Å². The molecule has 0 amide bonds. The van der Waals surface area contributed by atoms with E-state index in [-0.39, 0.29) is 12.0 Å². The molecule has 1 heterocycles. The van der Waals surface area contributed by atoms with Crippen LogP contribution in [0.5, 0.6) is 0 Å². The largest absolute Gasteiger partial charge is 0.396 e. The Morgan fingerprint density at radius 1 is 1.50 bits per heavy atom. The Hall–Kier alpha value is -0.0900. The molecule has 0 saturated carbocycles. The zero-order valence-electron chi connectivity index (χ0n) is 10.1. The normalized spacial score (nSPS) is 14.1. The average molecular weight is 262 g/mol. The Morgan fingerprint density at radius 2 is 2.19 bits per heavy atom. The van der Waals surface area contributed by atoms with E-state index in [9.17, 15) is 0 Å². The first kappa shape index (κ1) is 14.0. The molecule has 0 aliphatic rings. The number of thiophene rings is 1. The molecule has 0 radical (unpaired) electrons. The number of hydrogen-bond donors (Lipinski definition) is 2. The van der Waals surface area contributed by atoms with E-state index in [1.54, 1.807) is 11.3 Å². The quantitative estimate of drug-likeness (QED) is 0.853. The van der Waals surface area contributed by atoms with Gasteiger partial charge in [0.25, 0.3) is 0 Å². The van der Waals surface area contributed by atoms with E-state index in [0.29, 0.717) is 6.04 Å². The molecule has 0 aliphatic heterocycles. The molecule has 0 bridgehead atoms. The average Bonchev–Trinajstić information content (AvgIpc) is 2.57. The zero-order chi connectivity index (χ0) is 12.2. The van der Waals surface area contributed by atoms with Gasteiger partial charge in [0.2, 0.25) is 0 Å². The first-order chi connectivity index (χ1) is 7.43. The first-order valence-electron chi connectivity index (χ1n) is 5.50. The van der Waals surface area contributed by atoms with Crippen LogP contribution >= 0.6 is 22.9 Å². The number of aliphatic hydroxyl groups is 1. The highest BCUT2D eigenvalue weighted by atomic mass is 35.5. The van der Waals surface area contributed by atoms with Crippen molar-refractivity contribution in [3.63, 3.8) is 0 Å². The maximum Gasteiger partial charge on any atom is 0.0516 e. The summed E-state index contributed by atoms with van der Waals surface area (Å²) in [5.74, 6) is 0. The van der Waals surface area contributed by atoms with Crippen LogP contribution in [0.3, 0.4) is 0 Å². The summed E-state index contributed by atoms with van der Waals surface area (Å²) in [5, 5.41) is 15.3. The van der Waals surface area contributed by atoms with E-state index in [4.69, 9.17) is 16.7 Å². The van der Waals surface area contributed by atoms with Gasteiger partial charge in [0.15, 0.2) is 0 Å². The number of hydrogen-bond acceptors (Lipinski definition) is 3. The highest BCUT2D eigenvalue weighted by molar-refractivity contribution is 7.10. The third kappa shape index (κ3) is 4.42. The number of rotatable bonds is 5. The number of nitrogens with one attached hydrogen (secondary N) is 1. The van der Waals surface area contributed by atoms with E-state index < -0.39 is 0 Å². The maximum atomic E-state index is 9.04. The Balaban J connectivity index is 2.50. The summed E-state index contributed by atoms with van der Waals surface area (Å²) in [4.78, 5) is 1.23. The molecular formula is C12H20ClNOS. The summed E-state index contributed by atoms with van der Waals surface area (Å²) in [6.07, 6.45) is 0.780. The van der Waals surface area contributed by atoms with Crippen LogP contribution in [0.15, 0.2) is 11.4 Å². The molecule has 1 aromatic heterocycles. The zero-order valence-corrected chi connectivity index (χ0v) is 11.7. The summed E-state index contributed by atoms with van der Waals surface area (Å²) in [6.45, 7) is 7.59. The van der Waals surface area contributed by atoms with Crippen molar-refractivity contribution in [2.45, 2.75) is 39.8 Å². The minimum absolute atomic E-state index is 0.157. The van der Waals surface area contributed by atoms with E-state index >= 15 is 0 Å². The van der Waals surface area contributed by atoms with Gasteiger partial charge in [-0.25, -0.2) is 0 Å². The standard InChI is InChI=1S/C12H20ClNOS/c1-12(2,3)11(4-5-15)14-7-10-6-9(13)8-16-10/h6,8,11,14-15H,4-5,7H2,1-3H3. The Bertz CT molecular complexity index is 319. The van der Waals surface area contributed by atoms with Crippen molar-refractivity contribution >= 4 is 22.9 Å². The SMILES string of the molecule is CC(C)(C)C(CCO)NCc1cc(Cl)cs1. The van der Waals surface area contributed by atoms with Gasteiger partial charge in [-0.1, -0.05) is 32.4 Å². The molecule has 2 nitrogen and oxygen atoms in total. The molecule has 0 saturated heterocycles. The van der Waals surface area contributed by atoms with Crippen molar-refractivity contribution in [3.8, 4) is 0 Å². The molecule has 1 atom stereocenters. The molecule has 1 aromatic rings. The monoisotopic (exact) mass is 261 g/mol. The second kappa shape index (κ2) is 6.01. The van der Waals surface area contributed by atoms with Crippen LogP contribution in [-0.4, -0.2) is 17.8 Å². The minimum atomic E-state index is 0.157.